The van der Waals surface area contributed by atoms with E-state index in [2.05, 4.69) is 13.2 Å². The van der Waals surface area contributed by atoms with Crippen molar-refractivity contribution in [2.24, 2.45) is 11.5 Å². The second-order valence-corrected chi connectivity index (χ2v) is 7.96. The van der Waals surface area contributed by atoms with E-state index in [1.807, 2.05) is 13.8 Å². The topological polar surface area (TPSA) is 107 Å². The summed E-state index contributed by atoms with van der Waals surface area (Å²) < 4.78 is 34.8. The molecule has 0 amide bonds. The first kappa shape index (κ1) is 25.4. The molecule has 174 valence electrons. The number of unbranched alkanes of at least 4 members (excludes halogenated alkanes) is 1. The Hall–Kier alpha value is -0.840. The molecule has 0 radical (unpaired) electrons. The lowest BCUT2D eigenvalue weighted by molar-refractivity contribution is -0.233. The molecule has 2 aliphatic rings. The fourth-order valence-corrected chi connectivity index (χ4v) is 3.88. The summed E-state index contributed by atoms with van der Waals surface area (Å²) >= 11 is 0. The standard InChI is InChI=1S/C22H40N2O6/c1-5-9-27-21-15(3)29-19(13-17(21)23)25-11-7-8-12-26-20-14-18(24)22(16(4)30-20)28-10-6-2/h5-6,15-22H,1-2,7-14,23-24H2,3-4H3/t15-,16-,17+,18+,19+,20+,21-,22-/m0/s1/i23+1,24+1. The van der Waals surface area contributed by atoms with E-state index in [1.165, 1.54) is 0 Å². The maximum atomic E-state index is 6.22. The van der Waals surface area contributed by atoms with Gasteiger partial charge >= 0.3 is 0 Å². The van der Waals surface area contributed by atoms with Gasteiger partial charge in [-0.15, -0.1) is 13.2 Å². The Morgan fingerprint density at radius 2 is 1.17 bits per heavy atom. The number of nitrogens with two attached hydrogens (primary N) is 2. The predicted octanol–water partition coefficient (Wildman–Crippen LogP) is 1.87. The van der Waals surface area contributed by atoms with E-state index in [9.17, 15) is 0 Å². The second kappa shape index (κ2) is 13.5. The molecule has 8 atom stereocenters. The average molecular weight is 431 g/mol. The van der Waals surface area contributed by atoms with Crippen molar-refractivity contribution in [2.75, 3.05) is 26.4 Å². The third kappa shape index (κ3) is 8.01. The minimum atomic E-state index is -0.299. The van der Waals surface area contributed by atoms with Crippen LogP contribution in [0.1, 0.15) is 39.5 Å². The molecule has 2 aliphatic heterocycles. The summed E-state index contributed by atoms with van der Waals surface area (Å²) in [5.74, 6) is 0. The molecule has 0 spiro atoms. The fourth-order valence-electron chi connectivity index (χ4n) is 3.88. The SMILES string of the molecule is C=CCO[C@@H]1[C@H]([15NH2])C[C@H](OCCCCO[C@H]2C[C@@H]([15NH2])[C@@H](OCC=C)[C@H](C)O2)O[C@H]1C. The molecule has 0 aliphatic carbocycles. The van der Waals surface area contributed by atoms with Gasteiger partial charge in [-0.25, -0.2) is 0 Å². The summed E-state index contributed by atoms with van der Waals surface area (Å²) in [4.78, 5) is 0. The van der Waals surface area contributed by atoms with Gasteiger partial charge in [-0.3, -0.25) is 0 Å². The number of hydrogen-bond donors (Lipinski definition) is 2. The third-order valence-corrected chi connectivity index (χ3v) is 5.39. The van der Waals surface area contributed by atoms with Crippen molar-refractivity contribution >= 4 is 0 Å². The van der Waals surface area contributed by atoms with Crippen molar-refractivity contribution in [3.05, 3.63) is 25.3 Å². The fraction of sp³-hybridized carbons (Fsp3) is 0.818. The van der Waals surface area contributed by atoms with E-state index in [0.717, 1.165) is 12.8 Å². The predicted molar refractivity (Wildman–Crippen MR) is 115 cm³/mol. The molecule has 2 rings (SSSR count). The summed E-state index contributed by atoms with van der Waals surface area (Å²) in [6.45, 7) is 13.3. The van der Waals surface area contributed by atoms with E-state index in [-0.39, 0.29) is 49.1 Å². The van der Waals surface area contributed by atoms with E-state index >= 15 is 0 Å². The molecule has 2 heterocycles. The van der Waals surface area contributed by atoms with Gasteiger partial charge < -0.3 is 39.9 Å². The highest BCUT2D eigenvalue weighted by molar-refractivity contribution is 4.87. The van der Waals surface area contributed by atoms with Crippen molar-refractivity contribution in [3.63, 3.8) is 0 Å². The Balaban J connectivity index is 1.56. The molecule has 2 saturated heterocycles. The Morgan fingerprint density at radius 3 is 1.50 bits per heavy atom. The lowest BCUT2D eigenvalue weighted by Crippen LogP contribution is -2.53. The second-order valence-electron chi connectivity index (χ2n) is 7.96. The van der Waals surface area contributed by atoms with Gasteiger partial charge in [0.1, 0.15) is 0 Å². The lowest BCUT2D eigenvalue weighted by atomic mass is 10.0. The van der Waals surface area contributed by atoms with Crippen LogP contribution in [-0.4, -0.2) is 75.5 Å². The highest BCUT2D eigenvalue weighted by atomic mass is 16.7. The van der Waals surface area contributed by atoms with Gasteiger partial charge in [-0.1, -0.05) is 12.2 Å². The molecule has 0 aromatic carbocycles. The molecule has 8 nitrogen and oxygen atoms in total. The molecule has 30 heavy (non-hydrogen) atoms. The molecule has 0 bridgehead atoms. The first-order valence-corrected chi connectivity index (χ1v) is 11.0. The van der Waals surface area contributed by atoms with Crippen molar-refractivity contribution in [2.45, 2.75) is 88.6 Å². The van der Waals surface area contributed by atoms with Crippen LogP contribution < -0.4 is 11.5 Å². The van der Waals surface area contributed by atoms with Crippen LogP contribution in [0.25, 0.3) is 0 Å². The van der Waals surface area contributed by atoms with E-state index in [1.54, 1.807) is 12.2 Å². The van der Waals surface area contributed by atoms with Crippen LogP contribution in [0.4, 0.5) is 0 Å². The largest absolute Gasteiger partial charge is 0.370 e. The molecular weight excluding hydrogens is 390 g/mol. The molecule has 0 aromatic rings. The Kier molecular flexibility index (Phi) is 11.5. The van der Waals surface area contributed by atoms with E-state index < -0.39 is 0 Å². The molecule has 8 heteroatoms. The number of rotatable bonds is 13. The summed E-state index contributed by atoms with van der Waals surface area (Å²) in [5, 5.41) is 0. The average Bonchev–Trinajstić information content (AvgIpc) is 2.69. The lowest BCUT2D eigenvalue weighted by Gasteiger charge is -2.38. The zero-order valence-corrected chi connectivity index (χ0v) is 18.4. The van der Waals surface area contributed by atoms with Gasteiger partial charge in [0.2, 0.25) is 0 Å². The van der Waals surface area contributed by atoms with Crippen LogP contribution in [0.5, 0.6) is 0 Å². The van der Waals surface area contributed by atoms with Crippen LogP contribution >= 0.6 is 0 Å². The van der Waals surface area contributed by atoms with Crippen molar-refractivity contribution in [1.29, 1.82) is 0 Å². The van der Waals surface area contributed by atoms with E-state index in [0.29, 0.717) is 39.3 Å². The quantitative estimate of drug-likeness (QED) is 0.259. The van der Waals surface area contributed by atoms with Crippen LogP contribution in [0.3, 0.4) is 0 Å². The maximum absolute atomic E-state index is 6.22. The summed E-state index contributed by atoms with van der Waals surface area (Å²) in [7, 11) is 0. The molecule has 0 aromatic heterocycles. The van der Waals surface area contributed by atoms with Crippen molar-refractivity contribution < 1.29 is 28.4 Å². The smallest absolute Gasteiger partial charge is 0.159 e. The molecule has 2 fully saturated rings. The van der Waals surface area contributed by atoms with Gasteiger partial charge in [-0.2, -0.15) is 0 Å². The van der Waals surface area contributed by atoms with Crippen LogP contribution in [-0.2, 0) is 28.4 Å². The third-order valence-electron chi connectivity index (χ3n) is 5.39. The van der Waals surface area contributed by atoms with Gasteiger partial charge in [0.15, 0.2) is 12.6 Å². The highest BCUT2D eigenvalue weighted by Crippen LogP contribution is 2.24. The first-order chi connectivity index (χ1) is 14.5. The molecule has 0 saturated carbocycles. The maximum Gasteiger partial charge on any atom is 0.159 e. The normalized spacial score (nSPS) is 37.1. The van der Waals surface area contributed by atoms with Gasteiger partial charge in [0.05, 0.1) is 37.6 Å². The van der Waals surface area contributed by atoms with E-state index in [4.69, 9.17) is 39.9 Å². The monoisotopic (exact) mass is 430 g/mol. The van der Waals surface area contributed by atoms with Gasteiger partial charge in [-0.05, 0) is 26.7 Å². The Labute approximate surface area is 180 Å². The van der Waals surface area contributed by atoms with Crippen molar-refractivity contribution in [1.82, 2.24) is 0 Å². The van der Waals surface area contributed by atoms with Gasteiger partial charge in [0.25, 0.3) is 0 Å². The number of ether oxygens (including phenoxy) is 6. The zero-order chi connectivity index (χ0) is 21.9. The summed E-state index contributed by atoms with van der Waals surface area (Å²) in [5.41, 5.74) is 12.4. The van der Waals surface area contributed by atoms with Gasteiger partial charge in [0, 0.05) is 38.1 Å². The first-order valence-electron chi connectivity index (χ1n) is 11.0. The van der Waals surface area contributed by atoms with Crippen molar-refractivity contribution in [3.8, 4) is 0 Å². The van der Waals surface area contributed by atoms with Crippen LogP contribution in [0, 0.1) is 0 Å². The molecule has 0 unspecified atom stereocenters. The van der Waals surface area contributed by atoms with Crippen LogP contribution in [0.2, 0.25) is 0 Å². The Morgan fingerprint density at radius 1 is 0.767 bits per heavy atom. The minimum absolute atomic E-state index is 0.115. The molecule has 4 N–H and O–H groups in total. The number of hydrogen-bond acceptors (Lipinski definition) is 8. The summed E-state index contributed by atoms with van der Waals surface area (Å²) in [6.07, 6.45) is 5.28. The Bertz CT molecular complexity index is 440. The summed E-state index contributed by atoms with van der Waals surface area (Å²) in [6, 6.07) is -0.230. The minimum Gasteiger partial charge on any atom is -0.370 e. The zero-order valence-electron chi connectivity index (χ0n) is 18.4. The van der Waals surface area contributed by atoms with Crippen LogP contribution in [0.15, 0.2) is 25.3 Å². The molecular formula is C22H40N2O6. The highest BCUT2D eigenvalue weighted by Gasteiger charge is 2.36.